The van der Waals surface area contributed by atoms with Crippen LogP contribution < -0.4 is 9.64 Å². The molecule has 25 heavy (non-hydrogen) atoms. The van der Waals surface area contributed by atoms with Crippen LogP contribution in [0.3, 0.4) is 0 Å². The Kier molecular flexibility index (Phi) is 5.24. The summed E-state index contributed by atoms with van der Waals surface area (Å²) in [6.45, 7) is 1.39. The van der Waals surface area contributed by atoms with Gasteiger partial charge in [0.25, 0.3) is 5.91 Å². The monoisotopic (exact) mass is 359 g/mol. The van der Waals surface area contributed by atoms with Crippen LogP contribution in [0.4, 0.5) is 5.69 Å². The van der Waals surface area contributed by atoms with Crippen LogP contribution in [0.25, 0.3) is 0 Å². The van der Waals surface area contributed by atoms with Crippen LogP contribution in [0.15, 0.2) is 48.5 Å². The number of fused-ring (bicyclic) bond motifs is 1. The fourth-order valence-corrected chi connectivity index (χ4v) is 3.08. The molecule has 1 amide bonds. The van der Waals surface area contributed by atoms with Crippen molar-refractivity contribution in [1.82, 2.24) is 0 Å². The topological polar surface area (TPSA) is 55.8 Å². The van der Waals surface area contributed by atoms with E-state index in [4.69, 9.17) is 21.1 Å². The summed E-state index contributed by atoms with van der Waals surface area (Å²) in [5, 5.41) is 0.516. The Morgan fingerprint density at radius 2 is 1.96 bits per heavy atom. The number of hydrogen-bond acceptors (Lipinski definition) is 4. The molecule has 1 aliphatic heterocycles. The Morgan fingerprint density at radius 1 is 1.16 bits per heavy atom. The molecule has 0 radical (unpaired) electrons. The van der Waals surface area contributed by atoms with Gasteiger partial charge in [-0.05, 0) is 43.2 Å². The number of para-hydroxylation sites is 1. The highest BCUT2D eigenvalue weighted by Gasteiger charge is 2.30. The van der Waals surface area contributed by atoms with Crippen LogP contribution in [-0.4, -0.2) is 31.1 Å². The zero-order valence-electron chi connectivity index (χ0n) is 13.8. The summed E-state index contributed by atoms with van der Waals surface area (Å²) in [7, 11) is 0. The third-order valence-corrected chi connectivity index (χ3v) is 4.22. The van der Waals surface area contributed by atoms with Crippen LogP contribution in [0, 0.1) is 0 Å². The second-order valence-electron chi connectivity index (χ2n) is 5.85. The summed E-state index contributed by atoms with van der Waals surface area (Å²) in [5.41, 5.74) is 2.00. The molecule has 5 nitrogen and oxygen atoms in total. The maximum absolute atomic E-state index is 12.4. The average Bonchev–Trinajstić information content (AvgIpc) is 2.93. The fraction of sp³-hybridized carbons (Fsp3) is 0.263. The molecule has 0 aliphatic carbocycles. The number of carbonyl (C=O) groups is 2. The number of rotatable bonds is 5. The second-order valence-corrected chi connectivity index (χ2v) is 6.29. The second kappa shape index (κ2) is 7.57. The first kappa shape index (κ1) is 17.3. The summed E-state index contributed by atoms with van der Waals surface area (Å²) in [5.74, 6) is -0.375. The summed E-state index contributed by atoms with van der Waals surface area (Å²) in [6, 6.07) is 14.5. The smallest absolute Gasteiger partial charge is 0.344 e. The standard InChI is InChI=1S/C19H18ClNO4/c1-13-9-14-5-2-3-8-17(14)21(13)18(22)11-25-19(23)12-24-16-7-4-6-15(20)10-16/h2-8,10,13H,9,11-12H2,1H3. The van der Waals surface area contributed by atoms with Gasteiger partial charge in [-0.1, -0.05) is 35.9 Å². The lowest BCUT2D eigenvalue weighted by Crippen LogP contribution is -2.39. The number of anilines is 1. The number of hydrogen-bond donors (Lipinski definition) is 0. The van der Waals surface area contributed by atoms with Crippen molar-refractivity contribution in [2.45, 2.75) is 19.4 Å². The Morgan fingerprint density at radius 3 is 2.76 bits per heavy atom. The van der Waals surface area contributed by atoms with E-state index in [1.165, 1.54) is 0 Å². The van der Waals surface area contributed by atoms with Gasteiger partial charge in [0.05, 0.1) is 0 Å². The summed E-state index contributed by atoms with van der Waals surface area (Å²) < 4.78 is 10.3. The lowest BCUT2D eigenvalue weighted by molar-refractivity contribution is -0.149. The number of ether oxygens (including phenoxy) is 2. The minimum absolute atomic E-state index is 0.0475. The van der Waals surface area contributed by atoms with Crippen molar-refractivity contribution >= 4 is 29.2 Å². The minimum Gasteiger partial charge on any atom is -0.482 e. The molecule has 0 bridgehead atoms. The van der Waals surface area contributed by atoms with Gasteiger partial charge in [0.2, 0.25) is 0 Å². The molecule has 0 aromatic heterocycles. The van der Waals surface area contributed by atoms with E-state index < -0.39 is 5.97 Å². The van der Waals surface area contributed by atoms with Crippen LogP contribution in [-0.2, 0) is 20.7 Å². The molecule has 0 saturated heterocycles. The Bertz CT molecular complexity index is 792. The lowest BCUT2D eigenvalue weighted by atomic mass is 10.1. The van der Waals surface area contributed by atoms with Crippen LogP contribution in [0.2, 0.25) is 5.02 Å². The predicted octanol–water partition coefficient (Wildman–Crippen LogP) is 3.24. The first-order valence-corrected chi connectivity index (χ1v) is 8.36. The largest absolute Gasteiger partial charge is 0.482 e. The van der Waals surface area contributed by atoms with E-state index in [9.17, 15) is 9.59 Å². The first-order valence-electron chi connectivity index (χ1n) is 7.98. The molecular weight excluding hydrogens is 342 g/mol. The van der Waals surface area contributed by atoms with Crippen molar-refractivity contribution in [3.05, 3.63) is 59.1 Å². The fourth-order valence-electron chi connectivity index (χ4n) is 2.90. The first-order chi connectivity index (χ1) is 12.0. The van der Waals surface area contributed by atoms with Gasteiger partial charge in [-0.3, -0.25) is 4.79 Å². The molecule has 1 heterocycles. The van der Waals surface area contributed by atoms with Crippen LogP contribution in [0.5, 0.6) is 5.75 Å². The van der Waals surface area contributed by atoms with Gasteiger partial charge in [-0.2, -0.15) is 0 Å². The third-order valence-electron chi connectivity index (χ3n) is 3.99. The number of nitrogens with zero attached hydrogens (tertiary/aromatic N) is 1. The van der Waals surface area contributed by atoms with E-state index in [0.717, 1.165) is 17.7 Å². The molecule has 0 saturated carbocycles. The lowest BCUT2D eigenvalue weighted by Gasteiger charge is -2.22. The quantitative estimate of drug-likeness (QED) is 0.769. The zero-order chi connectivity index (χ0) is 17.8. The van der Waals surface area contributed by atoms with Crippen molar-refractivity contribution in [3.8, 4) is 5.75 Å². The zero-order valence-corrected chi connectivity index (χ0v) is 14.5. The Hall–Kier alpha value is -2.53. The van der Waals surface area contributed by atoms with Crippen LogP contribution in [0.1, 0.15) is 12.5 Å². The minimum atomic E-state index is -0.603. The van der Waals surface area contributed by atoms with Gasteiger partial charge in [-0.15, -0.1) is 0 Å². The molecule has 2 aromatic carbocycles. The van der Waals surface area contributed by atoms with E-state index in [1.54, 1.807) is 29.2 Å². The van der Waals surface area contributed by atoms with E-state index in [1.807, 2.05) is 31.2 Å². The molecule has 2 aromatic rings. The number of amides is 1. The van der Waals surface area contributed by atoms with Crippen LogP contribution >= 0.6 is 11.6 Å². The number of benzene rings is 2. The normalized spacial score (nSPS) is 15.6. The van der Waals surface area contributed by atoms with Crippen molar-refractivity contribution < 1.29 is 19.1 Å². The number of esters is 1. The van der Waals surface area contributed by atoms with Gasteiger partial charge < -0.3 is 14.4 Å². The summed E-state index contributed by atoms with van der Waals surface area (Å²) in [4.78, 5) is 25.9. The van der Waals surface area contributed by atoms with Crippen molar-refractivity contribution in [2.75, 3.05) is 18.1 Å². The number of halogens is 1. The Labute approximate surface area is 151 Å². The molecule has 1 atom stereocenters. The molecule has 0 fully saturated rings. The van der Waals surface area contributed by atoms with E-state index in [0.29, 0.717) is 10.8 Å². The Balaban J connectivity index is 1.51. The van der Waals surface area contributed by atoms with Crippen molar-refractivity contribution in [1.29, 1.82) is 0 Å². The van der Waals surface area contributed by atoms with Gasteiger partial charge in [0.1, 0.15) is 5.75 Å². The summed E-state index contributed by atoms with van der Waals surface area (Å²) >= 11 is 5.84. The van der Waals surface area contributed by atoms with Gasteiger partial charge in [0, 0.05) is 16.8 Å². The van der Waals surface area contributed by atoms with Crippen molar-refractivity contribution in [3.63, 3.8) is 0 Å². The highest BCUT2D eigenvalue weighted by molar-refractivity contribution is 6.30. The molecule has 0 N–H and O–H groups in total. The molecule has 1 unspecified atom stereocenters. The average molecular weight is 360 g/mol. The van der Waals surface area contributed by atoms with E-state index >= 15 is 0 Å². The van der Waals surface area contributed by atoms with E-state index in [-0.39, 0.29) is 25.2 Å². The SMILES string of the molecule is CC1Cc2ccccc2N1C(=O)COC(=O)COc1cccc(Cl)c1. The highest BCUT2D eigenvalue weighted by atomic mass is 35.5. The molecule has 1 aliphatic rings. The third kappa shape index (κ3) is 4.12. The molecule has 6 heteroatoms. The maximum atomic E-state index is 12.4. The number of carbonyl (C=O) groups excluding carboxylic acids is 2. The summed E-state index contributed by atoms with van der Waals surface area (Å²) in [6.07, 6.45) is 0.799. The molecular formula is C19H18ClNO4. The van der Waals surface area contributed by atoms with Gasteiger partial charge in [-0.25, -0.2) is 4.79 Å². The van der Waals surface area contributed by atoms with Gasteiger partial charge >= 0.3 is 5.97 Å². The predicted molar refractivity (Wildman–Crippen MR) is 95.0 cm³/mol. The van der Waals surface area contributed by atoms with Gasteiger partial charge in [0.15, 0.2) is 13.2 Å². The van der Waals surface area contributed by atoms with Crippen molar-refractivity contribution in [2.24, 2.45) is 0 Å². The molecule has 0 spiro atoms. The van der Waals surface area contributed by atoms with E-state index in [2.05, 4.69) is 0 Å². The maximum Gasteiger partial charge on any atom is 0.344 e. The highest BCUT2D eigenvalue weighted by Crippen LogP contribution is 2.31. The molecule has 3 rings (SSSR count). The molecule has 130 valence electrons.